The van der Waals surface area contributed by atoms with Gasteiger partial charge in [-0.05, 0) is 6.92 Å². The van der Waals surface area contributed by atoms with Crippen LogP contribution in [0.1, 0.15) is 5.56 Å². The highest BCUT2D eigenvalue weighted by Crippen LogP contribution is 2.16. The molecule has 0 amide bonds. The molecule has 0 fully saturated rings. The van der Waals surface area contributed by atoms with Gasteiger partial charge in [-0.25, -0.2) is 9.67 Å². The summed E-state index contributed by atoms with van der Waals surface area (Å²) in [6.45, 7) is 9.10. The number of rotatable bonds is 3. The van der Waals surface area contributed by atoms with Crippen LogP contribution in [0.3, 0.4) is 0 Å². The quantitative estimate of drug-likeness (QED) is 0.625. The van der Waals surface area contributed by atoms with Gasteiger partial charge in [-0.15, -0.1) is 0 Å². The predicted octanol–water partition coefficient (Wildman–Crippen LogP) is 2.18. The topological polar surface area (TPSA) is 30.2 Å². The maximum Gasteiger partial charge on any atom is 0.157 e. The van der Waals surface area contributed by atoms with E-state index in [1.807, 2.05) is 6.92 Å². The Hall–Kier alpha value is -1.64. The zero-order chi connectivity index (χ0) is 8.97. The highest BCUT2D eigenvalue weighted by Gasteiger charge is 2.00. The lowest BCUT2D eigenvalue weighted by molar-refractivity contribution is 0.935. The first-order valence-electron chi connectivity index (χ1n) is 3.61. The summed E-state index contributed by atoms with van der Waals surface area (Å²) in [4.78, 5) is 4.14. The minimum atomic E-state index is 0.796. The first-order chi connectivity index (χ1) is 5.79. The van der Waals surface area contributed by atoms with Crippen LogP contribution in [0, 0.1) is 6.92 Å². The van der Waals surface area contributed by atoms with Crippen LogP contribution >= 0.6 is 0 Å². The zero-order valence-corrected chi connectivity index (χ0v) is 7.07. The third-order valence-electron chi connectivity index (χ3n) is 1.42. The van der Waals surface area contributed by atoms with E-state index < -0.39 is 0 Å². The monoisotopic (exact) mass is 161 g/mol. The summed E-state index contributed by atoms with van der Waals surface area (Å²) in [7, 11) is 0. The molecular formula is C9H11N3. The minimum Gasteiger partial charge on any atom is -0.237 e. The third-order valence-corrected chi connectivity index (χ3v) is 1.42. The molecule has 3 nitrogen and oxygen atoms in total. The summed E-state index contributed by atoms with van der Waals surface area (Å²) in [6, 6.07) is 0. The summed E-state index contributed by atoms with van der Waals surface area (Å²) >= 11 is 0. The molecule has 0 saturated heterocycles. The van der Waals surface area contributed by atoms with E-state index in [0.717, 1.165) is 11.4 Å². The van der Waals surface area contributed by atoms with Crippen LogP contribution in [0.5, 0.6) is 0 Å². The Bertz CT molecular complexity index is 321. The highest BCUT2D eigenvalue weighted by atomic mass is 15.3. The molecule has 0 aliphatic carbocycles. The van der Waals surface area contributed by atoms with E-state index in [1.54, 1.807) is 29.4 Å². The van der Waals surface area contributed by atoms with E-state index in [-0.39, 0.29) is 0 Å². The van der Waals surface area contributed by atoms with Gasteiger partial charge >= 0.3 is 0 Å². The van der Waals surface area contributed by atoms with Crippen molar-refractivity contribution < 1.29 is 0 Å². The molecule has 0 saturated carbocycles. The zero-order valence-electron chi connectivity index (χ0n) is 7.07. The summed E-state index contributed by atoms with van der Waals surface area (Å²) in [6.07, 6.45) is 6.62. The summed E-state index contributed by atoms with van der Waals surface area (Å²) < 4.78 is 1.62. The molecule has 0 bridgehead atoms. The molecule has 0 N–H and O–H groups in total. The van der Waals surface area contributed by atoms with Crippen molar-refractivity contribution in [2.45, 2.75) is 6.92 Å². The van der Waals surface area contributed by atoms with Gasteiger partial charge in [0.05, 0.1) is 6.20 Å². The van der Waals surface area contributed by atoms with Crippen molar-refractivity contribution in [1.82, 2.24) is 9.78 Å². The van der Waals surface area contributed by atoms with Gasteiger partial charge in [0.25, 0.3) is 0 Å². The van der Waals surface area contributed by atoms with E-state index in [9.17, 15) is 0 Å². The molecule has 1 aromatic heterocycles. The Labute approximate surface area is 71.7 Å². The van der Waals surface area contributed by atoms with Crippen molar-refractivity contribution in [2.75, 3.05) is 0 Å². The minimum absolute atomic E-state index is 0.796. The first kappa shape index (κ1) is 8.46. The van der Waals surface area contributed by atoms with Gasteiger partial charge in [0.15, 0.2) is 5.82 Å². The van der Waals surface area contributed by atoms with Crippen molar-refractivity contribution in [3.05, 3.63) is 31.0 Å². The first-order valence-corrected chi connectivity index (χ1v) is 3.61. The Morgan fingerprint density at radius 1 is 1.58 bits per heavy atom. The second-order valence-electron chi connectivity index (χ2n) is 2.29. The molecule has 1 rings (SSSR count). The average molecular weight is 161 g/mol. The van der Waals surface area contributed by atoms with Crippen LogP contribution in [0.15, 0.2) is 30.4 Å². The molecule has 0 aliphatic heterocycles. The van der Waals surface area contributed by atoms with Gasteiger partial charge in [-0.2, -0.15) is 5.10 Å². The van der Waals surface area contributed by atoms with Crippen molar-refractivity contribution in [3.63, 3.8) is 0 Å². The Morgan fingerprint density at radius 2 is 2.33 bits per heavy atom. The number of nitrogens with zero attached hydrogens (tertiary/aromatic N) is 3. The normalized spacial score (nSPS) is 10.4. The third kappa shape index (κ3) is 1.50. The molecule has 12 heavy (non-hydrogen) atoms. The molecule has 62 valence electrons. The lowest BCUT2D eigenvalue weighted by Crippen LogP contribution is -1.86. The van der Waals surface area contributed by atoms with Crippen LogP contribution in [0.2, 0.25) is 0 Å². The number of allylic oxidation sites excluding steroid dienone is 1. The Kier molecular flexibility index (Phi) is 2.58. The van der Waals surface area contributed by atoms with Gasteiger partial charge in [-0.3, -0.25) is 0 Å². The predicted molar refractivity (Wildman–Crippen MR) is 51.7 cm³/mol. The number of aryl methyl sites for hydroxylation is 1. The SMILES string of the molecule is C=C/C=N\c1c(C)cnn1C=C. The van der Waals surface area contributed by atoms with Gasteiger partial charge in [-0.1, -0.05) is 19.2 Å². The van der Waals surface area contributed by atoms with Gasteiger partial charge < -0.3 is 0 Å². The van der Waals surface area contributed by atoms with Crippen LogP contribution in [-0.4, -0.2) is 16.0 Å². The number of aliphatic imine (C=N–C) groups is 1. The van der Waals surface area contributed by atoms with Crippen molar-refractivity contribution in [1.29, 1.82) is 0 Å². The van der Waals surface area contributed by atoms with E-state index in [1.165, 1.54) is 0 Å². The maximum atomic E-state index is 4.14. The van der Waals surface area contributed by atoms with E-state index in [4.69, 9.17) is 0 Å². The summed E-state index contributed by atoms with van der Waals surface area (Å²) in [5.41, 5.74) is 1.02. The Balaban J connectivity index is 3.09. The van der Waals surface area contributed by atoms with Gasteiger partial charge in [0, 0.05) is 18.0 Å². The fourth-order valence-corrected chi connectivity index (χ4v) is 0.860. The lowest BCUT2D eigenvalue weighted by Gasteiger charge is -1.94. The standard InChI is InChI=1S/C9H11N3/c1-4-6-10-9-8(3)7-11-12(9)5-2/h4-7H,1-2H2,3H3/b10-6-. The van der Waals surface area contributed by atoms with Crippen molar-refractivity contribution >= 4 is 18.2 Å². The largest absolute Gasteiger partial charge is 0.237 e. The molecule has 1 aromatic rings. The highest BCUT2D eigenvalue weighted by molar-refractivity contribution is 5.73. The number of aromatic nitrogens is 2. The molecule has 0 atom stereocenters. The van der Waals surface area contributed by atoms with Crippen LogP contribution in [0.25, 0.3) is 6.20 Å². The van der Waals surface area contributed by atoms with Crippen molar-refractivity contribution in [2.24, 2.45) is 4.99 Å². The fourth-order valence-electron chi connectivity index (χ4n) is 0.860. The molecule has 0 aliphatic rings. The lowest BCUT2D eigenvalue weighted by atomic mass is 10.4. The number of hydrogen-bond acceptors (Lipinski definition) is 2. The van der Waals surface area contributed by atoms with Crippen LogP contribution in [-0.2, 0) is 0 Å². The van der Waals surface area contributed by atoms with E-state index in [0.29, 0.717) is 0 Å². The van der Waals surface area contributed by atoms with Gasteiger partial charge in [0.2, 0.25) is 0 Å². The molecule has 3 heteroatoms. The molecule has 0 unspecified atom stereocenters. The maximum absolute atomic E-state index is 4.14. The van der Waals surface area contributed by atoms with Gasteiger partial charge in [0.1, 0.15) is 0 Å². The second kappa shape index (κ2) is 3.67. The number of hydrogen-bond donors (Lipinski definition) is 0. The molecule has 0 radical (unpaired) electrons. The van der Waals surface area contributed by atoms with E-state index >= 15 is 0 Å². The van der Waals surface area contributed by atoms with E-state index in [2.05, 4.69) is 23.2 Å². The average Bonchev–Trinajstić information content (AvgIpc) is 2.43. The molecular weight excluding hydrogens is 150 g/mol. The Morgan fingerprint density at radius 3 is 2.92 bits per heavy atom. The van der Waals surface area contributed by atoms with Crippen LogP contribution < -0.4 is 0 Å². The molecule has 1 heterocycles. The summed E-state index contributed by atoms with van der Waals surface area (Å²) in [5.74, 6) is 0.796. The fraction of sp³-hybridized carbons (Fsp3) is 0.111. The second-order valence-corrected chi connectivity index (χ2v) is 2.29. The molecule has 0 spiro atoms. The van der Waals surface area contributed by atoms with Crippen molar-refractivity contribution in [3.8, 4) is 0 Å². The summed E-state index contributed by atoms with van der Waals surface area (Å²) in [5, 5.41) is 4.04. The van der Waals surface area contributed by atoms with Crippen LogP contribution in [0.4, 0.5) is 5.82 Å². The smallest absolute Gasteiger partial charge is 0.157 e. The molecule has 0 aromatic carbocycles.